The van der Waals surface area contributed by atoms with Gasteiger partial charge in [0.15, 0.2) is 5.78 Å². The van der Waals surface area contributed by atoms with E-state index in [1.54, 1.807) is 0 Å². The van der Waals surface area contributed by atoms with Crippen LogP contribution in [0.25, 0.3) is 0 Å². The first-order valence-electron chi connectivity index (χ1n) is 8.87. The van der Waals surface area contributed by atoms with E-state index in [-0.39, 0.29) is 16.6 Å². The predicted molar refractivity (Wildman–Crippen MR) is 119 cm³/mol. The van der Waals surface area contributed by atoms with Gasteiger partial charge in [-0.3, -0.25) is 4.79 Å². The lowest BCUT2D eigenvalue weighted by Gasteiger charge is -2.31. The number of carbonyl (C=O) groups excluding carboxylic acids is 1. The number of azo groups is 1. The molecule has 3 nitrogen and oxygen atoms in total. The minimum atomic E-state index is -0.237. The van der Waals surface area contributed by atoms with Crippen LogP contribution in [0.1, 0.15) is 48.5 Å². The van der Waals surface area contributed by atoms with Crippen LogP contribution in [0.4, 0.5) is 5.69 Å². The number of hydrogen-bond donors (Lipinski definition) is 0. The van der Waals surface area contributed by atoms with Gasteiger partial charge >= 0.3 is 0 Å². The van der Waals surface area contributed by atoms with Gasteiger partial charge in [-0.05, 0) is 69.6 Å². The van der Waals surface area contributed by atoms with Gasteiger partial charge in [0.25, 0.3) is 0 Å². The van der Waals surface area contributed by atoms with Gasteiger partial charge in [0.2, 0.25) is 0 Å². The van der Waals surface area contributed by atoms with Crippen LogP contribution in [0.15, 0.2) is 71.9 Å². The first-order valence-corrected chi connectivity index (χ1v) is 10.5. The Labute approximate surface area is 179 Å². The fraction of sp³-hybridized carbons (Fsp3) is 0.409. The molecule has 0 spiro atoms. The van der Waals surface area contributed by atoms with Gasteiger partial charge in [-0.15, -0.1) is 5.11 Å². The Morgan fingerprint density at radius 2 is 1.44 bits per heavy atom. The molecule has 1 aromatic rings. The lowest BCUT2D eigenvalue weighted by molar-refractivity contribution is -0.114. The molecule has 0 heterocycles. The molecule has 144 valence electrons. The summed E-state index contributed by atoms with van der Waals surface area (Å²) in [6.45, 7) is 14.3. The zero-order chi connectivity index (χ0) is 20.6. The predicted octanol–water partition coefficient (Wildman–Crippen LogP) is 8.10. The van der Waals surface area contributed by atoms with E-state index in [0.717, 1.165) is 37.0 Å². The molecule has 0 N–H and O–H groups in total. The Morgan fingerprint density at radius 3 is 1.89 bits per heavy atom. The van der Waals surface area contributed by atoms with E-state index in [9.17, 15) is 4.79 Å². The maximum atomic E-state index is 13.0. The van der Waals surface area contributed by atoms with Crippen LogP contribution in [0.5, 0.6) is 0 Å². The van der Waals surface area contributed by atoms with Crippen molar-refractivity contribution in [2.24, 2.45) is 21.1 Å². The Bertz CT molecular complexity index is 856. The largest absolute Gasteiger partial charge is 0.289 e. The van der Waals surface area contributed by atoms with E-state index in [0.29, 0.717) is 0 Å². The minimum absolute atomic E-state index is 0.124. The molecule has 0 saturated heterocycles. The summed E-state index contributed by atoms with van der Waals surface area (Å²) in [5.74, 6) is 0.124. The van der Waals surface area contributed by atoms with Gasteiger partial charge in [0.05, 0.1) is 11.4 Å². The molecule has 0 radical (unpaired) electrons. The number of allylic oxidation sites excluding steroid dienone is 6. The molecule has 0 bridgehead atoms. The summed E-state index contributed by atoms with van der Waals surface area (Å²) in [5, 5.41) is 8.80. The van der Waals surface area contributed by atoms with Crippen molar-refractivity contribution >= 4 is 43.3 Å². The summed E-state index contributed by atoms with van der Waals surface area (Å²) in [7, 11) is 0. The van der Waals surface area contributed by atoms with Crippen LogP contribution >= 0.6 is 31.9 Å². The average Bonchev–Trinajstić information content (AvgIpc) is 2.51. The summed E-state index contributed by atoms with van der Waals surface area (Å²) >= 11 is 6.94. The van der Waals surface area contributed by atoms with E-state index >= 15 is 0 Å². The van der Waals surface area contributed by atoms with Crippen molar-refractivity contribution in [2.45, 2.75) is 48.5 Å². The Hall–Kier alpha value is -1.33. The number of halogens is 2. The average molecular weight is 494 g/mol. The second-order valence-electron chi connectivity index (χ2n) is 8.78. The Kier molecular flexibility index (Phi) is 6.48. The Balaban J connectivity index is 2.54. The van der Waals surface area contributed by atoms with Crippen molar-refractivity contribution in [2.75, 3.05) is 0 Å². The van der Waals surface area contributed by atoms with Crippen molar-refractivity contribution in [3.8, 4) is 0 Å². The van der Waals surface area contributed by atoms with Crippen LogP contribution in [0, 0.1) is 10.8 Å². The summed E-state index contributed by atoms with van der Waals surface area (Å²) < 4.78 is 1.85. The lowest BCUT2D eigenvalue weighted by Crippen LogP contribution is -2.28. The highest BCUT2D eigenvalue weighted by Gasteiger charge is 2.34. The van der Waals surface area contributed by atoms with Gasteiger partial charge in [0.1, 0.15) is 0 Å². The molecule has 1 aromatic carbocycles. The van der Waals surface area contributed by atoms with E-state index in [1.165, 1.54) is 0 Å². The molecule has 1 aliphatic rings. The second-order valence-corrected chi connectivity index (χ2v) is 10.6. The molecule has 0 saturated carbocycles. The van der Waals surface area contributed by atoms with Gasteiger partial charge < -0.3 is 0 Å². The SMILES string of the molecule is CC(N=Nc1ccc(Br)cc1Br)=C1C=C(C(C)(C)C)C(=O)C(C(C)(C)C)=C1. The number of benzene rings is 1. The monoisotopic (exact) mass is 492 g/mol. The summed E-state index contributed by atoms with van der Waals surface area (Å²) in [4.78, 5) is 13.0. The number of carbonyl (C=O) groups is 1. The van der Waals surface area contributed by atoms with Crippen LogP contribution < -0.4 is 0 Å². The first kappa shape index (κ1) is 22.0. The van der Waals surface area contributed by atoms with Gasteiger partial charge in [-0.2, -0.15) is 5.11 Å². The van der Waals surface area contributed by atoms with Crippen LogP contribution in [0.3, 0.4) is 0 Å². The highest BCUT2D eigenvalue weighted by Crippen LogP contribution is 2.39. The van der Waals surface area contributed by atoms with Gasteiger partial charge in [-0.25, -0.2) is 0 Å². The lowest BCUT2D eigenvalue weighted by atomic mass is 9.72. The quantitative estimate of drug-likeness (QED) is 0.383. The second kappa shape index (κ2) is 7.96. The highest BCUT2D eigenvalue weighted by atomic mass is 79.9. The number of nitrogens with zero attached hydrogens (tertiary/aromatic N) is 2. The molecular weight excluding hydrogens is 468 g/mol. The molecular formula is C22H26Br2N2O. The normalized spacial score (nSPS) is 15.9. The standard InChI is InChI=1S/C22H26Br2N2O/c1-13(25-26-19-9-8-15(23)12-18(19)24)14-10-16(21(2,3)4)20(27)17(11-14)22(5,6)7/h8-12H,1-7H3. The molecule has 5 heteroatoms. The van der Waals surface area contributed by atoms with E-state index in [1.807, 2.05) is 37.3 Å². The molecule has 0 amide bonds. The van der Waals surface area contributed by atoms with Crippen molar-refractivity contribution in [1.82, 2.24) is 0 Å². The van der Waals surface area contributed by atoms with Gasteiger partial charge in [-0.1, -0.05) is 57.5 Å². The number of rotatable bonds is 2. The molecule has 0 aliphatic heterocycles. The zero-order valence-electron chi connectivity index (χ0n) is 16.9. The summed E-state index contributed by atoms with van der Waals surface area (Å²) in [5.41, 5.74) is 3.61. The third-order valence-corrected chi connectivity index (χ3v) is 5.47. The van der Waals surface area contributed by atoms with E-state index in [2.05, 4.69) is 83.6 Å². The topological polar surface area (TPSA) is 41.8 Å². The summed E-state index contributed by atoms with van der Waals surface area (Å²) in [6, 6.07) is 5.76. The number of hydrogen-bond acceptors (Lipinski definition) is 3. The number of Topliss-reactive ketones (excluding diaryl/α,β-unsaturated/α-hetero) is 1. The summed E-state index contributed by atoms with van der Waals surface area (Å²) in [6.07, 6.45) is 3.92. The molecule has 0 aromatic heterocycles. The first-order chi connectivity index (χ1) is 12.3. The van der Waals surface area contributed by atoms with Crippen molar-refractivity contribution in [3.05, 3.63) is 61.7 Å². The maximum absolute atomic E-state index is 13.0. The van der Waals surface area contributed by atoms with E-state index < -0.39 is 0 Å². The van der Waals surface area contributed by atoms with Crippen LogP contribution in [0.2, 0.25) is 0 Å². The molecule has 0 atom stereocenters. The van der Waals surface area contributed by atoms with Crippen molar-refractivity contribution < 1.29 is 4.79 Å². The fourth-order valence-electron chi connectivity index (χ4n) is 2.70. The maximum Gasteiger partial charge on any atom is 0.186 e. The third kappa shape index (κ3) is 5.35. The molecule has 2 rings (SSSR count). The smallest absolute Gasteiger partial charge is 0.186 e. The molecule has 27 heavy (non-hydrogen) atoms. The molecule has 0 unspecified atom stereocenters. The zero-order valence-corrected chi connectivity index (χ0v) is 20.1. The Morgan fingerprint density at radius 1 is 0.926 bits per heavy atom. The molecule has 1 aliphatic carbocycles. The third-order valence-electron chi connectivity index (χ3n) is 4.34. The number of ketones is 1. The minimum Gasteiger partial charge on any atom is -0.289 e. The molecule has 0 fully saturated rings. The van der Waals surface area contributed by atoms with Crippen LogP contribution in [-0.4, -0.2) is 5.78 Å². The highest BCUT2D eigenvalue weighted by molar-refractivity contribution is 9.11. The van der Waals surface area contributed by atoms with Crippen molar-refractivity contribution in [3.63, 3.8) is 0 Å². The van der Waals surface area contributed by atoms with Crippen molar-refractivity contribution in [1.29, 1.82) is 0 Å². The van der Waals surface area contributed by atoms with Crippen LogP contribution in [-0.2, 0) is 4.79 Å². The fourth-order valence-corrected chi connectivity index (χ4v) is 3.83. The van der Waals surface area contributed by atoms with E-state index in [4.69, 9.17) is 0 Å². The van der Waals surface area contributed by atoms with Gasteiger partial charge in [0, 0.05) is 20.1 Å².